The number of carbonyl (C=O) groups is 2. The molecule has 0 aliphatic carbocycles. The van der Waals surface area contributed by atoms with E-state index in [-0.39, 0.29) is 18.4 Å². The van der Waals surface area contributed by atoms with Crippen LogP contribution in [0, 0.1) is 5.92 Å². The quantitative estimate of drug-likeness (QED) is 0.388. The Balaban J connectivity index is 2.16. The third kappa shape index (κ3) is 7.93. The molecular formula is C25H32Br2N2O3. The molecule has 0 heterocycles. The number of halogens is 2. The maximum atomic E-state index is 13.2. The van der Waals surface area contributed by atoms with Gasteiger partial charge in [-0.2, -0.15) is 0 Å². The summed E-state index contributed by atoms with van der Waals surface area (Å²) < 4.78 is 7.55. The lowest BCUT2D eigenvalue weighted by Crippen LogP contribution is -2.49. The molecule has 0 aliphatic heterocycles. The molecular weight excluding hydrogens is 536 g/mol. The standard InChI is InChI=1S/C25H32Br2N2O3/c1-16(2)13-28-25(31)18(5)29(14-19-7-6-8-21(26)11-19)24(30)15-32-23-10-9-20(17(3)4)12-22(23)27/h6-12,16-18H,13-15H2,1-5H3,(H,28,31)/t18-/m0/s1. The molecule has 0 unspecified atom stereocenters. The third-order valence-corrected chi connectivity index (χ3v) is 6.18. The Labute approximate surface area is 208 Å². The minimum atomic E-state index is -0.629. The highest BCUT2D eigenvalue weighted by molar-refractivity contribution is 9.10. The molecule has 0 aromatic heterocycles. The van der Waals surface area contributed by atoms with Gasteiger partial charge in [0.05, 0.1) is 4.47 Å². The van der Waals surface area contributed by atoms with E-state index in [1.807, 2.05) is 56.3 Å². The van der Waals surface area contributed by atoms with Crippen LogP contribution in [-0.4, -0.2) is 35.9 Å². The average Bonchev–Trinajstić information content (AvgIpc) is 2.74. The van der Waals surface area contributed by atoms with E-state index >= 15 is 0 Å². The molecule has 2 aromatic carbocycles. The van der Waals surface area contributed by atoms with Gasteiger partial charge in [0.2, 0.25) is 5.91 Å². The summed E-state index contributed by atoms with van der Waals surface area (Å²) in [5, 5.41) is 2.92. The van der Waals surface area contributed by atoms with Crippen LogP contribution in [0.4, 0.5) is 0 Å². The molecule has 174 valence electrons. The fourth-order valence-corrected chi connectivity index (χ4v) is 4.04. The molecule has 5 nitrogen and oxygen atoms in total. The van der Waals surface area contributed by atoms with E-state index in [1.54, 1.807) is 11.8 Å². The second-order valence-electron chi connectivity index (χ2n) is 8.60. The summed E-state index contributed by atoms with van der Waals surface area (Å²) in [6, 6.07) is 13.0. The summed E-state index contributed by atoms with van der Waals surface area (Å²) in [5.41, 5.74) is 2.11. The van der Waals surface area contributed by atoms with E-state index in [9.17, 15) is 9.59 Å². The molecule has 7 heteroatoms. The zero-order chi connectivity index (χ0) is 23.8. The number of nitrogens with zero attached hydrogens (tertiary/aromatic N) is 1. The molecule has 2 aromatic rings. The number of nitrogens with one attached hydrogen (secondary N) is 1. The summed E-state index contributed by atoms with van der Waals surface area (Å²) in [5.74, 6) is 0.895. The number of amides is 2. The topological polar surface area (TPSA) is 58.6 Å². The van der Waals surface area contributed by atoms with E-state index in [2.05, 4.69) is 51.0 Å². The largest absolute Gasteiger partial charge is 0.483 e. The molecule has 0 radical (unpaired) electrons. The number of ether oxygens (including phenoxy) is 1. The summed E-state index contributed by atoms with van der Waals surface area (Å²) in [4.78, 5) is 27.5. The van der Waals surface area contributed by atoms with Crippen LogP contribution in [-0.2, 0) is 16.1 Å². The summed E-state index contributed by atoms with van der Waals surface area (Å²) in [6.07, 6.45) is 0. The fourth-order valence-electron chi connectivity index (χ4n) is 3.08. The molecule has 1 atom stereocenters. The Morgan fingerprint density at radius 1 is 1.03 bits per heavy atom. The maximum absolute atomic E-state index is 13.2. The molecule has 0 bridgehead atoms. The van der Waals surface area contributed by atoms with Crippen molar-refractivity contribution in [2.45, 2.75) is 53.1 Å². The monoisotopic (exact) mass is 566 g/mol. The predicted molar refractivity (Wildman–Crippen MR) is 136 cm³/mol. The van der Waals surface area contributed by atoms with Crippen molar-refractivity contribution in [1.82, 2.24) is 10.2 Å². The summed E-state index contributed by atoms with van der Waals surface area (Å²) in [7, 11) is 0. The van der Waals surface area contributed by atoms with Crippen molar-refractivity contribution in [3.8, 4) is 5.75 Å². The Morgan fingerprint density at radius 2 is 1.75 bits per heavy atom. The molecule has 32 heavy (non-hydrogen) atoms. The number of hydrogen-bond donors (Lipinski definition) is 1. The molecule has 0 fully saturated rings. The van der Waals surface area contributed by atoms with Crippen LogP contribution in [0.2, 0.25) is 0 Å². The Kier molecular flexibility index (Phi) is 10.2. The average molecular weight is 568 g/mol. The van der Waals surface area contributed by atoms with Gasteiger partial charge in [0.25, 0.3) is 5.91 Å². The van der Waals surface area contributed by atoms with Crippen LogP contribution in [0.5, 0.6) is 5.75 Å². The van der Waals surface area contributed by atoms with E-state index in [4.69, 9.17) is 4.74 Å². The van der Waals surface area contributed by atoms with Gasteiger partial charge in [0.1, 0.15) is 11.8 Å². The van der Waals surface area contributed by atoms with Crippen LogP contribution < -0.4 is 10.1 Å². The van der Waals surface area contributed by atoms with Crippen molar-refractivity contribution in [2.75, 3.05) is 13.2 Å². The molecule has 2 amide bonds. The third-order valence-electron chi connectivity index (χ3n) is 5.07. The van der Waals surface area contributed by atoms with Crippen molar-refractivity contribution < 1.29 is 14.3 Å². The Bertz CT molecular complexity index is 931. The highest BCUT2D eigenvalue weighted by Crippen LogP contribution is 2.29. The predicted octanol–water partition coefficient (Wildman–Crippen LogP) is 5.90. The van der Waals surface area contributed by atoms with Gasteiger partial charge in [-0.3, -0.25) is 9.59 Å². The smallest absolute Gasteiger partial charge is 0.261 e. The van der Waals surface area contributed by atoms with Gasteiger partial charge < -0.3 is 15.0 Å². The second-order valence-corrected chi connectivity index (χ2v) is 10.4. The lowest BCUT2D eigenvalue weighted by atomic mass is 10.0. The van der Waals surface area contributed by atoms with Gasteiger partial charge >= 0.3 is 0 Å². The maximum Gasteiger partial charge on any atom is 0.261 e. The molecule has 1 N–H and O–H groups in total. The second kappa shape index (κ2) is 12.4. The van der Waals surface area contributed by atoms with Crippen molar-refractivity contribution >= 4 is 43.7 Å². The van der Waals surface area contributed by atoms with Crippen LogP contribution in [0.25, 0.3) is 0 Å². The SMILES string of the molecule is CC(C)CNC(=O)[C@H](C)N(Cc1cccc(Br)c1)C(=O)COc1ccc(C(C)C)cc1Br. The molecule has 2 rings (SSSR count). The number of carbonyl (C=O) groups excluding carboxylic acids is 2. The van der Waals surface area contributed by atoms with Gasteiger partial charge in [-0.05, 0) is 70.1 Å². The molecule has 0 spiro atoms. The van der Waals surface area contributed by atoms with Crippen LogP contribution in [0.1, 0.15) is 51.7 Å². The van der Waals surface area contributed by atoms with E-state index in [0.717, 1.165) is 14.5 Å². The van der Waals surface area contributed by atoms with E-state index in [1.165, 1.54) is 5.56 Å². The lowest BCUT2D eigenvalue weighted by molar-refractivity contribution is -0.142. The van der Waals surface area contributed by atoms with Crippen molar-refractivity contribution in [2.24, 2.45) is 5.92 Å². The van der Waals surface area contributed by atoms with Gasteiger partial charge in [-0.1, -0.05) is 61.8 Å². The van der Waals surface area contributed by atoms with E-state index in [0.29, 0.717) is 30.7 Å². The van der Waals surface area contributed by atoms with Crippen LogP contribution >= 0.6 is 31.9 Å². The number of benzene rings is 2. The van der Waals surface area contributed by atoms with Gasteiger partial charge in [-0.15, -0.1) is 0 Å². The van der Waals surface area contributed by atoms with Crippen molar-refractivity contribution in [1.29, 1.82) is 0 Å². The zero-order valence-corrected chi connectivity index (χ0v) is 22.5. The Hall–Kier alpha value is -1.86. The Morgan fingerprint density at radius 3 is 2.34 bits per heavy atom. The minimum absolute atomic E-state index is 0.157. The van der Waals surface area contributed by atoms with Crippen LogP contribution in [0.3, 0.4) is 0 Å². The van der Waals surface area contributed by atoms with Crippen molar-refractivity contribution in [3.63, 3.8) is 0 Å². The number of hydrogen-bond acceptors (Lipinski definition) is 3. The molecule has 0 aliphatic rings. The zero-order valence-electron chi connectivity index (χ0n) is 19.3. The van der Waals surface area contributed by atoms with Gasteiger partial charge in [0, 0.05) is 17.6 Å². The van der Waals surface area contributed by atoms with E-state index < -0.39 is 6.04 Å². The van der Waals surface area contributed by atoms with Gasteiger partial charge in [0.15, 0.2) is 6.61 Å². The first kappa shape index (κ1) is 26.4. The van der Waals surface area contributed by atoms with Crippen molar-refractivity contribution in [3.05, 3.63) is 62.5 Å². The number of rotatable bonds is 10. The first-order chi connectivity index (χ1) is 15.1. The summed E-state index contributed by atoms with van der Waals surface area (Å²) in [6.45, 7) is 10.8. The van der Waals surface area contributed by atoms with Gasteiger partial charge in [-0.25, -0.2) is 0 Å². The highest BCUT2D eigenvalue weighted by Gasteiger charge is 2.26. The minimum Gasteiger partial charge on any atom is -0.483 e. The van der Waals surface area contributed by atoms with Crippen LogP contribution in [0.15, 0.2) is 51.4 Å². The summed E-state index contributed by atoms with van der Waals surface area (Å²) >= 11 is 7.00. The normalized spacial score (nSPS) is 12.0. The first-order valence-corrected chi connectivity index (χ1v) is 12.4. The first-order valence-electron chi connectivity index (χ1n) is 10.8. The molecule has 0 saturated carbocycles. The highest BCUT2D eigenvalue weighted by atomic mass is 79.9. The lowest BCUT2D eigenvalue weighted by Gasteiger charge is -2.29. The fraction of sp³-hybridized carbons (Fsp3) is 0.440. The molecule has 0 saturated heterocycles.